The van der Waals surface area contributed by atoms with Crippen LogP contribution in [0.25, 0.3) is 22.2 Å². The van der Waals surface area contributed by atoms with Crippen LogP contribution in [0, 0.1) is 0 Å². The second-order valence-corrected chi connectivity index (χ2v) is 8.20. The van der Waals surface area contributed by atoms with Crippen LogP contribution in [-0.2, 0) is 7.05 Å². The van der Waals surface area contributed by atoms with E-state index in [1.54, 1.807) is 16.9 Å². The number of fused-ring (bicyclic) bond motifs is 1. The monoisotopic (exact) mass is 367 g/mol. The summed E-state index contributed by atoms with van der Waals surface area (Å²) in [6, 6.07) is 3.93. The van der Waals surface area contributed by atoms with Gasteiger partial charge in [0.2, 0.25) is 5.95 Å². The molecule has 1 saturated heterocycles. The lowest BCUT2D eigenvalue weighted by atomic mass is 10.1. The molecule has 0 amide bonds. The molecule has 1 aliphatic heterocycles. The van der Waals surface area contributed by atoms with Gasteiger partial charge in [-0.15, -0.1) is 10.2 Å². The molecule has 1 fully saturated rings. The molecule has 0 radical (unpaired) electrons. The Morgan fingerprint density at radius 1 is 1.22 bits per heavy atom. The molecule has 0 bridgehead atoms. The number of rotatable bonds is 3. The number of nitrogens with zero attached hydrogens (tertiary/aromatic N) is 6. The van der Waals surface area contributed by atoms with Crippen molar-refractivity contribution in [2.24, 2.45) is 7.05 Å². The fraction of sp³-hybridized carbons (Fsp3) is 0.474. The number of benzene rings is 1. The molecule has 0 saturated carbocycles. The fourth-order valence-electron chi connectivity index (χ4n) is 3.60. The van der Waals surface area contributed by atoms with Gasteiger partial charge in [0.25, 0.3) is 0 Å². The van der Waals surface area contributed by atoms with Crippen LogP contribution in [0.4, 0.5) is 5.95 Å². The average Bonchev–Trinajstić information content (AvgIpc) is 3.18. The molecule has 4 rings (SSSR count). The molecule has 1 atom stereocenters. The molecule has 2 aromatic heterocycles. The summed E-state index contributed by atoms with van der Waals surface area (Å²) in [5.74, 6) is 0.750. The molecule has 2 N–H and O–H groups in total. The molecule has 0 unspecified atom stereocenters. The first-order chi connectivity index (χ1) is 12.8. The van der Waals surface area contributed by atoms with Gasteiger partial charge < -0.3 is 15.3 Å². The molecule has 142 valence electrons. The Morgan fingerprint density at radius 2 is 2.04 bits per heavy atom. The van der Waals surface area contributed by atoms with Gasteiger partial charge in [0, 0.05) is 54.9 Å². The van der Waals surface area contributed by atoms with Crippen LogP contribution in [0.3, 0.4) is 0 Å². The third kappa shape index (κ3) is 3.71. The van der Waals surface area contributed by atoms with E-state index < -0.39 is 0 Å². The lowest BCUT2D eigenvalue weighted by molar-refractivity contribution is 0.373. The molecule has 1 aromatic carbocycles. The molecule has 3 aromatic rings. The number of hydrogen-bond donors (Lipinski definition) is 2. The van der Waals surface area contributed by atoms with Gasteiger partial charge in [0.05, 0.1) is 11.7 Å². The van der Waals surface area contributed by atoms with Crippen LogP contribution in [0.5, 0.6) is 5.75 Å². The highest BCUT2D eigenvalue weighted by Gasteiger charge is 2.27. The van der Waals surface area contributed by atoms with Crippen molar-refractivity contribution in [1.82, 2.24) is 30.3 Å². The van der Waals surface area contributed by atoms with E-state index in [1.165, 1.54) is 0 Å². The summed E-state index contributed by atoms with van der Waals surface area (Å²) in [7, 11) is 1.85. The van der Waals surface area contributed by atoms with Crippen LogP contribution in [0.1, 0.15) is 27.2 Å². The largest absolute Gasteiger partial charge is 0.507 e. The minimum absolute atomic E-state index is 0.0894. The van der Waals surface area contributed by atoms with Gasteiger partial charge in [0.15, 0.2) is 0 Å². The van der Waals surface area contributed by atoms with Crippen molar-refractivity contribution < 1.29 is 5.11 Å². The van der Waals surface area contributed by atoms with Gasteiger partial charge in [0.1, 0.15) is 11.4 Å². The van der Waals surface area contributed by atoms with Gasteiger partial charge in [-0.05, 0) is 33.3 Å². The van der Waals surface area contributed by atoms with Crippen LogP contribution in [0.2, 0.25) is 0 Å². The average molecular weight is 367 g/mol. The van der Waals surface area contributed by atoms with Crippen molar-refractivity contribution in [2.45, 2.75) is 38.8 Å². The molecule has 8 nitrogen and oxygen atoms in total. The predicted molar refractivity (Wildman–Crippen MR) is 105 cm³/mol. The molecular formula is C19H25N7O. The normalized spacial score (nSPS) is 17.8. The first-order valence-corrected chi connectivity index (χ1v) is 9.17. The zero-order valence-electron chi connectivity index (χ0n) is 16.1. The van der Waals surface area contributed by atoms with Gasteiger partial charge in [-0.3, -0.25) is 4.68 Å². The zero-order valence-corrected chi connectivity index (χ0v) is 16.1. The van der Waals surface area contributed by atoms with E-state index >= 15 is 0 Å². The van der Waals surface area contributed by atoms with Crippen molar-refractivity contribution >= 4 is 16.9 Å². The molecule has 1 aliphatic rings. The second kappa shape index (κ2) is 6.45. The highest BCUT2D eigenvalue weighted by molar-refractivity contribution is 5.86. The lowest BCUT2D eigenvalue weighted by Crippen LogP contribution is -2.45. The number of anilines is 1. The Hall–Kier alpha value is -2.74. The lowest BCUT2D eigenvalue weighted by Gasteiger charge is -2.25. The Bertz CT molecular complexity index is 959. The third-order valence-corrected chi connectivity index (χ3v) is 4.67. The smallest absolute Gasteiger partial charge is 0.245 e. The standard InChI is InChI=1S/C19H25N7O/c1-19(2,3)21-13-5-6-26(11-13)18-20-9-16(22-23-18)14-7-12-10-25(4)24-15(12)8-17(14)27/h7-10,13,21,27H,5-6,11H2,1-4H3/t13-/m0/s1. The number of phenolic OH excluding ortho intramolecular Hbond substituents is 1. The van der Waals surface area contributed by atoms with E-state index in [1.807, 2.05) is 19.3 Å². The van der Waals surface area contributed by atoms with Crippen LogP contribution in [0.15, 0.2) is 24.5 Å². The second-order valence-electron chi connectivity index (χ2n) is 8.20. The summed E-state index contributed by atoms with van der Waals surface area (Å²) in [5.41, 5.74) is 1.98. The number of aromatic hydroxyl groups is 1. The van der Waals surface area contributed by atoms with Crippen LogP contribution in [-0.4, -0.2) is 54.7 Å². The minimum atomic E-state index is 0.0894. The first kappa shape index (κ1) is 17.7. The van der Waals surface area contributed by atoms with Crippen LogP contribution >= 0.6 is 0 Å². The molecule has 27 heavy (non-hydrogen) atoms. The van der Waals surface area contributed by atoms with E-state index in [9.17, 15) is 5.11 Å². The maximum absolute atomic E-state index is 10.3. The number of hydrogen-bond acceptors (Lipinski definition) is 7. The van der Waals surface area contributed by atoms with Gasteiger partial charge in [-0.1, -0.05) is 0 Å². The van der Waals surface area contributed by atoms with Crippen molar-refractivity contribution in [1.29, 1.82) is 0 Å². The van der Waals surface area contributed by atoms with Crippen molar-refractivity contribution in [2.75, 3.05) is 18.0 Å². The maximum atomic E-state index is 10.3. The Balaban J connectivity index is 1.54. The first-order valence-electron chi connectivity index (χ1n) is 9.17. The number of aryl methyl sites for hydroxylation is 1. The van der Waals surface area contributed by atoms with Gasteiger partial charge in [-0.2, -0.15) is 5.10 Å². The maximum Gasteiger partial charge on any atom is 0.245 e. The van der Waals surface area contributed by atoms with Gasteiger partial charge >= 0.3 is 0 Å². The van der Waals surface area contributed by atoms with E-state index in [4.69, 9.17) is 0 Å². The topological polar surface area (TPSA) is 92.0 Å². The molecule has 8 heteroatoms. The fourth-order valence-corrected chi connectivity index (χ4v) is 3.60. The van der Waals surface area contributed by atoms with E-state index in [-0.39, 0.29) is 11.3 Å². The number of phenols is 1. The van der Waals surface area contributed by atoms with E-state index in [0.717, 1.165) is 30.4 Å². The zero-order chi connectivity index (χ0) is 19.2. The van der Waals surface area contributed by atoms with E-state index in [0.29, 0.717) is 23.2 Å². The summed E-state index contributed by atoms with van der Waals surface area (Å²) in [4.78, 5) is 6.63. The number of nitrogens with one attached hydrogen (secondary N) is 1. The summed E-state index contributed by atoms with van der Waals surface area (Å²) in [6.45, 7) is 8.29. The molecule has 0 spiro atoms. The van der Waals surface area contributed by atoms with Crippen molar-refractivity contribution in [3.05, 3.63) is 24.5 Å². The molecular weight excluding hydrogens is 342 g/mol. The third-order valence-electron chi connectivity index (χ3n) is 4.67. The number of aromatic nitrogens is 5. The molecule has 3 heterocycles. The van der Waals surface area contributed by atoms with Gasteiger partial charge in [-0.25, -0.2) is 4.98 Å². The SMILES string of the molecule is Cn1cc2cc(-c3cnc(N4CC[C@H](NC(C)(C)C)C4)nn3)c(O)cc2n1. The summed E-state index contributed by atoms with van der Waals surface area (Å²) in [6.07, 6.45) is 4.63. The van der Waals surface area contributed by atoms with E-state index in [2.05, 4.69) is 51.3 Å². The van der Waals surface area contributed by atoms with Crippen LogP contribution < -0.4 is 10.2 Å². The quantitative estimate of drug-likeness (QED) is 0.732. The van der Waals surface area contributed by atoms with Crippen molar-refractivity contribution in [3.63, 3.8) is 0 Å². The summed E-state index contributed by atoms with van der Waals surface area (Å²) < 4.78 is 1.72. The minimum Gasteiger partial charge on any atom is -0.507 e. The predicted octanol–water partition coefficient (Wildman–Crippen LogP) is 2.10. The Morgan fingerprint density at radius 3 is 2.74 bits per heavy atom. The Kier molecular flexibility index (Phi) is 4.22. The summed E-state index contributed by atoms with van der Waals surface area (Å²) in [5, 5.41) is 27.8. The summed E-state index contributed by atoms with van der Waals surface area (Å²) >= 11 is 0. The van der Waals surface area contributed by atoms with Crippen molar-refractivity contribution in [3.8, 4) is 17.0 Å². The Labute approximate surface area is 158 Å². The highest BCUT2D eigenvalue weighted by atomic mass is 16.3. The highest BCUT2D eigenvalue weighted by Crippen LogP contribution is 2.31. The molecule has 0 aliphatic carbocycles.